The molecule has 1 aromatic rings. The number of carbonyl (C=O) groups excluding carboxylic acids is 1. The SMILES string of the molecule is O=C(c1cncc(F)c1)C1CCOC2(CCCCC2)C1. The van der Waals surface area contributed by atoms with Crippen LogP contribution in [0.5, 0.6) is 0 Å². The molecule has 3 nitrogen and oxygen atoms in total. The summed E-state index contributed by atoms with van der Waals surface area (Å²) in [6.07, 6.45) is 9.84. The van der Waals surface area contributed by atoms with Crippen molar-refractivity contribution < 1.29 is 13.9 Å². The Hall–Kier alpha value is -1.29. The summed E-state index contributed by atoms with van der Waals surface area (Å²) < 4.78 is 19.2. The standard InChI is InChI=1S/C16H20FNO2/c17-14-8-13(10-18-11-14)15(19)12-4-7-20-16(9-12)5-2-1-3-6-16/h8,10-12H,1-7,9H2. The van der Waals surface area contributed by atoms with Gasteiger partial charge in [0.2, 0.25) is 0 Å². The van der Waals surface area contributed by atoms with Crippen molar-refractivity contribution in [2.75, 3.05) is 6.61 Å². The van der Waals surface area contributed by atoms with E-state index in [1.807, 2.05) is 0 Å². The molecule has 1 unspecified atom stereocenters. The fourth-order valence-corrected chi connectivity index (χ4v) is 3.58. The Morgan fingerprint density at radius 1 is 1.30 bits per heavy atom. The van der Waals surface area contributed by atoms with Crippen molar-refractivity contribution >= 4 is 5.78 Å². The fourth-order valence-electron chi connectivity index (χ4n) is 3.58. The number of hydrogen-bond acceptors (Lipinski definition) is 3. The van der Waals surface area contributed by atoms with Gasteiger partial charge in [-0.2, -0.15) is 0 Å². The zero-order valence-electron chi connectivity index (χ0n) is 11.6. The van der Waals surface area contributed by atoms with E-state index in [0.29, 0.717) is 12.2 Å². The third kappa shape index (κ3) is 2.75. The molecular weight excluding hydrogens is 257 g/mol. The molecular formula is C16H20FNO2. The quantitative estimate of drug-likeness (QED) is 0.776. The zero-order valence-corrected chi connectivity index (χ0v) is 11.6. The van der Waals surface area contributed by atoms with Crippen LogP contribution >= 0.6 is 0 Å². The molecule has 1 aliphatic carbocycles. The summed E-state index contributed by atoms with van der Waals surface area (Å²) in [5.41, 5.74) is 0.292. The summed E-state index contributed by atoms with van der Waals surface area (Å²) in [5, 5.41) is 0. The molecule has 108 valence electrons. The lowest BCUT2D eigenvalue weighted by atomic mass is 9.74. The third-order valence-electron chi connectivity index (χ3n) is 4.62. The highest BCUT2D eigenvalue weighted by atomic mass is 19.1. The molecule has 2 aliphatic rings. The minimum Gasteiger partial charge on any atom is -0.375 e. The van der Waals surface area contributed by atoms with E-state index in [0.717, 1.165) is 31.9 Å². The number of aromatic nitrogens is 1. The summed E-state index contributed by atoms with van der Waals surface area (Å²) in [4.78, 5) is 16.3. The highest BCUT2D eigenvalue weighted by Gasteiger charge is 2.40. The van der Waals surface area contributed by atoms with E-state index < -0.39 is 5.82 Å². The number of ketones is 1. The molecule has 0 N–H and O–H groups in total. The van der Waals surface area contributed by atoms with E-state index in [1.54, 1.807) is 0 Å². The van der Waals surface area contributed by atoms with E-state index >= 15 is 0 Å². The lowest BCUT2D eigenvalue weighted by molar-refractivity contribution is -0.111. The van der Waals surface area contributed by atoms with Crippen LogP contribution in [0.25, 0.3) is 0 Å². The van der Waals surface area contributed by atoms with Crippen LogP contribution in [0.1, 0.15) is 55.3 Å². The molecule has 0 bridgehead atoms. The number of Topliss-reactive ketones (excluding diaryl/α,β-unsaturated/α-hetero) is 1. The van der Waals surface area contributed by atoms with Crippen LogP contribution < -0.4 is 0 Å². The van der Waals surface area contributed by atoms with Crippen molar-refractivity contribution in [2.45, 2.75) is 50.5 Å². The third-order valence-corrected chi connectivity index (χ3v) is 4.62. The normalized spacial score (nSPS) is 25.6. The van der Waals surface area contributed by atoms with Crippen LogP contribution in [-0.2, 0) is 4.74 Å². The predicted molar refractivity (Wildman–Crippen MR) is 73.0 cm³/mol. The Morgan fingerprint density at radius 2 is 2.10 bits per heavy atom. The van der Waals surface area contributed by atoms with Crippen molar-refractivity contribution in [3.05, 3.63) is 29.8 Å². The van der Waals surface area contributed by atoms with E-state index in [4.69, 9.17) is 4.74 Å². The van der Waals surface area contributed by atoms with Gasteiger partial charge in [-0.25, -0.2) is 4.39 Å². The van der Waals surface area contributed by atoms with Crippen molar-refractivity contribution in [3.63, 3.8) is 0 Å². The minimum atomic E-state index is -0.449. The van der Waals surface area contributed by atoms with Crippen molar-refractivity contribution in [1.29, 1.82) is 0 Å². The number of nitrogens with zero attached hydrogens (tertiary/aromatic N) is 1. The van der Waals surface area contributed by atoms with Gasteiger partial charge in [-0.3, -0.25) is 9.78 Å². The molecule has 2 fully saturated rings. The van der Waals surface area contributed by atoms with Crippen LogP contribution in [0.3, 0.4) is 0 Å². The van der Waals surface area contributed by atoms with E-state index in [1.165, 1.54) is 31.5 Å². The van der Waals surface area contributed by atoms with Gasteiger partial charge in [0.1, 0.15) is 5.82 Å². The number of ether oxygens (including phenoxy) is 1. The molecule has 0 radical (unpaired) electrons. The second kappa shape index (κ2) is 5.60. The second-order valence-electron chi connectivity index (χ2n) is 6.04. The molecule has 4 heteroatoms. The van der Waals surface area contributed by atoms with Gasteiger partial charge in [0.05, 0.1) is 11.8 Å². The van der Waals surface area contributed by atoms with E-state index in [2.05, 4.69) is 4.98 Å². The molecule has 1 aliphatic heterocycles. The van der Waals surface area contributed by atoms with Crippen molar-refractivity contribution in [3.8, 4) is 0 Å². The van der Waals surface area contributed by atoms with Gasteiger partial charge in [-0.05, 0) is 31.7 Å². The maximum absolute atomic E-state index is 13.2. The molecule has 1 atom stereocenters. The average molecular weight is 277 g/mol. The maximum atomic E-state index is 13.2. The molecule has 1 saturated carbocycles. The van der Waals surface area contributed by atoms with Crippen LogP contribution in [-0.4, -0.2) is 23.0 Å². The number of hydrogen-bond donors (Lipinski definition) is 0. The van der Waals surface area contributed by atoms with Crippen LogP contribution in [0.15, 0.2) is 18.5 Å². The topological polar surface area (TPSA) is 39.2 Å². The molecule has 1 saturated heterocycles. The lowest BCUT2D eigenvalue weighted by Gasteiger charge is -2.43. The Kier molecular flexibility index (Phi) is 3.83. The number of halogens is 1. The summed E-state index contributed by atoms with van der Waals surface area (Å²) in [7, 11) is 0. The maximum Gasteiger partial charge on any atom is 0.167 e. The molecule has 3 rings (SSSR count). The Morgan fingerprint density at radius 3 is 2.85 bits per heavy atom. The summed E-state index contributed by atoms with van der Waals surface area (Å²) in [5.74, 6) is -0.481. The van der Waals surface area contributed by atoms with Gasteiger partial charge in [0.25, 0.3) is 0 Å². The highest BCUT2D eigenvalue weighted by molar-refractivity contribution is 5.97. The van der Waals surface area contributed by atoms with Crippen molar-refractivity contribution in [1.82, 2.24) is 4.98 Å². The van der Waals surface area contributed by atoms with Crippen LogP contribution in [0.4, 0.5) is 4.39 Å². The largest absolute Gasteiger partial charge is 0.375 e. The van der Waals surface area contributed by atoms with E-state index in [9.17, 15) is 9.18 Å². The van der Waals surface area contributed by atoms with Crippen LogP contribution in [0.2, 0.25) is 0 Å². The summed E-state index contributed by atoms with van der Waals surface area (Å²) in [6.45, 7) is 0.638. The van der Waals surface area contributed by atoms with Crippen LogP contribution in [0, 0.1) is 11.7 Å². The number of carbonyl (C=O) groups is 1. The minimum absolute atomic E-state index is 0.0187. The monoisotopic (exact) mass is 277 g/mol. The summed E-state index contributed by atoms with van der Waals surface area (Å²) in [6, 6.07) is 1.29. The zero-order chi connectivity index (χ0) is 14.0. The molecule has 20 heavy (non-hydrogen) atoms. The van der Waals surface area contributed by atoms with Gasteiger partial charge in [-0.1, -0.05) is 19.3 Å². The average Bonchev–Trinajstić information content (AvgIpc) is 2.47. The molecule has 2 heterocycles. The first-order chi connectivity index (χ1) is 9.69. The Bertz CT molecular complexity index is 491. The number of pyridine rings is 1. The number of rotatable bonds is 2. The molecule has 0 amide bonds. The first-order valence-electron chi connectivity index (χ1n) is 7.47. The first kappa shape index (κ1) is 13.7. The van der Waals surface area contributed by atoms with Gasteiger partial charge >= 0.3 is 0 Å². The van der Waals surface area contributed by atoms with Gasteiger partial charge in [0.15, 0.2) is 5.78 Å². The second-order valence-corrected chi connectivity index (χ2v) is 6.04. The fraction of sp³-hybridized carbons (Fsp3) is 0.625. The first-order valence-corrected chi connectivity index (χ1v) is 7.47. The lowest BCUT2D eigenvalue weighted by Crippen LogP contribution is -2.43. The molecule has 1 spiro atoms. The van der Waals surface area contributed by atoms with Gasteiger partial charge < -0.3 is 4.74 Å². The molecule has 0 aromatic carbocycles. The van der Waals surface area contributed by atoms with Gasteiger partial charge in [0, 0.05) is 24.3 Å². The van der Waals surface area contributed by atoms with Crippen molar-refractivity contribution in [2.24, 2.45) is 5.92 Å². The molecule has 1 aromatic heterocycles. The smallest absolute Gasteiger partial charge is 0.167 e. The Labute approximate surface area is 118 Å². The van der Waals surface area contributed by atoms with E-state index in [-0.39, 0.29) is 17.3 Å². The van der Waals surface area contributed by atoms with Gasteiger partial charge in [-0.15, -0.1) is 0 Å². The highest BCUT2D eigenvalue weighted by Crippen LogP contribution is 2.41. The predicted octanol–water partition coefficient (Wildman–Crippen LogP) is 3.53. The Balaban J connectivity index is 1.74. The summed E-state index contributed by atoms with van der Waals surface area (Å²) >= 11 is 0.